The lowest BCUT2D eigenvalue weighted by Crippen LogP contribution is -2.11. The van der Waals surface area contributed by atoms with Gasteiger partial charge in [-0.05, 0) is 94.0 Å². The number of fused-ring (bicyclic) bond motifs is 5. The van der Waals surface area contributed by atoms with E-state index in [4.69, 9.17) is 4.42 Å². The highest BCUT2D eigenvalue weighted by molar-refractivity contribution is 6.18. The summed E-state index contributed by atoms with van der Waals surface area (Å²) >= 11 is 0. The summed E-state index contributed by atoms with van der Waals surface area (Å²) in [6.45, 7) is 0. The van der Waals surface area contributed by atoms with Gasteiger partial charge in [0, 0.05) is 39.0 Å². The van der Waals surface area contributed by atoms with Crippen LogP contribution in [0.25, 0.3) is 83.2 Å². The standard InChI is InChI=1S/C56H38N2O/c1-4-15-39(16-5-1)40-27-29-41(30-28-40)42-31-35-46(36-32-42)57(52-25-12-10-21-48(52)43-17-6-2-7-18-43)47-37-33-44(34-38-47)49-23-14-24-51-54-56(59-55(49)51)50-22-11-13-26-53(50)58(54)45-19-8-3-9-20-45/h1-38H. The fraction of sp³-hybridized carbons (Fsp3) is 0. The number of anilines is 3. The number of rotatable bonds is 8. The molecule has 3 nitrogen and oxygen atoms in total. The summed E-state index contributed by atoms with van der Waals surface area (Å²) in [4.78, 5) is 2.37. The van der Waals surface area contributed by atoms with Crippen molar-refractivity contribution in [3.05, 3.63) is 231 Å². The number of aromatic nitrogens is 1. The summed E-state index contributed by atoms with van der Waals surface area (Å²) in [6.07, 6.45) is 0. The summed E-state index contributed by atoms with van der Waals surface area (Å²) in [6, 6.07) is 82.1. The number of benzene rings is 9. The van der Waals surface area contributed by atoms with Crippen molar-refractivity contribution in [1.82, 2.24) is 4.57 Å². The lowest BCUT2D eigenvalue weighted by atomic mass is 9.99. The van der Waals surface area contributed by atoms with Gasteiger partial charge in [-0.15, -0.1) is 0 Å². The van der Waals surface area contributed by atoms with Crippen molar-refractivity contribution in [2.75, 3.05) is 4.90 Å². The van der Waals surface area contributed by atoms with Gasteiger partial charge in [0.15, 0.2) is 5.58 Å². The van der Waals surface area contributed by atoms with Crippen LogP contribution in [0, 0.1) is 0 Å². The number of hydrogen-bond donors (Lipinski definition) is 0. The molecular weight excluding hydrogens is 717 g/mol. The van der Waals surface area contributed by atoms with Gasteiger partial charge >= 0.3 is 0 Å². The maximum atomic E-state index is 6.88. The van der Waals surface area contributed by atoms with E-state index in [1.165, 1.54) is 27.8 Å². The highest BCUT2D eigenvalue weighted by atomic mass is 16.3. The molecule has 0 N–H and O–H groups in total. The Balaban J connectivity index is 1.00. The molecule has 0 radical (unpaired) electrons. The molecule has 0 aliphatic heterocycles. The first kappa shape index (κ1) is 34.4. The Bertz CT molecular complexity index is 3220. The van der Waals surface area contributed by atoms with Crippen LogP contribution in [0.4, 0.5) is 17.1 Å². The second kappa shape index (κ2) is 14.6. The van der Waals surface area contributed by atoms with Gasteiger partial charge in [-0.3, -0.25) is 0 Å². The van der Waals surface area contributed by atoms with Crippen molar-refractivity contribution in [3.63, 3.8) is 0 Å². The molecule has 2 aromatic heterocycles. The Morgan fingerprint density at radius 2 is 0.780 bits per heavy atom. The molecule has 0 saturated heterocycles. The minimum absolute atomic E-state index is 0.888. The lowest BCUT2D eigenvalue weighted by Gasteiger charge is -2.28. The van der Waals surface area contributed by atoms with Crippen molar-refractivity contribution < 1.29 is 4.42 Å². The molecule has 2 heterocycles. The number of para-hydroxylation sites is 4. The smallest absolute Gasteiger partial charge is 0.161 e. The predicted molar refractivity (Wildman–Crippen MR) is 247 cm³/mol. The fourth-order valence-corrected chi connectivity index (χ4v) is 8.60. The van der Waals surface area contributed by atoms with Gasteiger partial charge < -0.3 is 13.9 Å². The largest absolute Gasteiger partial charge is 0.453 e. The van der Waals surface area contributed by atoms with Gasteiger partial charge in [-0.2, -0.15) is 0 Å². The van der Waals surface area contributed by atoms with Gasteiger partial charge in [0.2, 0.25) is 0 Å². The molecule has 278 valence electrons. The van der Waals surface area contributed by atoms with E-state index < -0.39 is 0 Å². The van der Waals surface area contributed by atoms with Crippen LogP contribution in [0.3, 0.4) is 0 Å². The molecule has 3 heteroatoms. The average molecular weight is 755 g/mol. The van der Waals surface area contributed by atoms with Gasteiger partial charge in [-0.25, -0.2) is 0 Å². The molecule has 0 aliphatic rings. The van der Waals surface area contributed by atoms with Crippen LogP contribution in [0.5, 0.6) is 0 Å². The summed E-state index contributed by atoms with van der Waals surface area (Å²) in [5, 5.41) is 2.20. The first-order chi connectivity index (χ1) is 29.3. The molecule has 59 heavy (non-hydrogen) atoms. The molecule has 0 unspecified atom stereocenters. The molecule has 11 aromatic rings. The quantitative estimate of drug-likeness (QED) is 0.154. The molecule has 0 spiro atoms. The number of nitrogens with zero attached hydrogens (tertiary/aromatic N) is 2. The molecule has 9 aromatic carbocycles. The molecule has 0 amide bonds. The Morgan fingerprint density at radius 1 is 0.322 bits per heavy atom. The van der Waals surface area contributed by atoms with Crippen LogP contribution in [0.15, 0.2) is 235 Å². The summed E-state index contributed by atoms with van der Waals surface area (Å²) in [5.41, 5.74) is 17.7. The number of hydrogen-bond acceptors (Lipinski definition) is 2. The van der Waals surface area contributed by atoms with Crippen molar-refractivity contribution in [1.29, 1.82) is 0 Å². The molecule has 0 aliphatic carbocycles. The minimum atomic E-state index is 0.888. The maximum Gasteiger partial charge on any atom is 0.161 e. The third kappa shape index (κ3) is 6.08. The maximum absolute atomic E-state index is 6.88. The molecule has 0 atom stereocenters. The first-order valence-electron chi connectivity index (χ1n) is 20.1. The van der Waals surface area contributed by atoms with E-state index in [0.29, 0.717) is 0 Å². The minimum Gasteiger partial charge on any atom is -0.453 e. The summed E-state index contributed by atoms with van der Waals surface area (Å²) in [7, 11) is 0. The van der Waals surface area contributed by atoms with Crippen molar-refractivity contribution in [3.8, 4) is 50.2 Å². The Morgan fingerprint density at radius 3 is 1.44 bits per heavy atom. The first-order valence-corrected chi connectivity index (χ1v) is 20.1. The second-order valence-corrected chi connectivity index (χ2v) is 14.9. The second-order valence-electron chi connectivity index (χ2n) is 14.9. The van der Waals surface area contributed by atoms with Crippen LogP contribution in [-0.4, -0.2) is 4.57 Å². The monoisotopic (exact) mass is 754 g/mol. The summed E-state index contributed by atoms with van der Waals surface area (Å²) < 4.78 is 9.21. The zero-order chi connectivity index (χ0) is 39.1. The van der Waals surface area contributed by atoms with Crippen LogP contribution in [-0.2, 0) is 0 Å². The van der Waals surface area contributed by atoms with E-state index in [1.54, 1.807) is 0 Å². The predicted octanol–water partition coefficient (Wildman–Crippen LogP) is 15.7. The fourth-order valence-electron chi connectivity index (χ4n) is 8.60. The van der Waals surface area contributed by atoms with Crippen LogP contribution in [0.1, 0.15) is 0 Å². The van der Waals surface area contributed by atoms with Crippen molar-refractivity contribution in [2.45, 2.75) is 0 Å². The SMILES string of the molecule is c1ccc(-c2ccc(-c3ccc(N(c4ccc(-c5cccc6c5oc5c7ccccc7n(-c7ccccc7)c65)cc4)c4ccccc4-c4ccccc4)cc3)cc2)cc1. The highest BCUT2D eigenvalue weighted by Crippen LogP contribution is 2.44. The lowest BCUT2D eigenvalue weighted by molar-refractivity contribution is 0.674. The van der Waals surface area contributed by atoms with E-state index in [1.807, 2.05) is 0 Å². The normalized spacial score (nSPS) is 11.4. The van der Waals surface area contributed by atoms with Crippen LogP contribution < -0.4 is 4.90 Å². The number of furan rings is 1. The molecule has 0 saturated carbocycles. The van der Waals surface area contributed by atoms with Crippen LogP contribution >= 0.6 is 0 Å². The Kier molecular flexibility index (Phi) is 8.49. The zero-order valence-corrected chi connectivity index (χ0v) is 32.2. The molecule has 0 fully saturated rings. The highest BCUT2D eigenvalue weighted by Gasteiger charge is 2.22. The van der Waals surface area contributed by atoms with Crippen molar-refractivity contribution >= 4 is 50.0 Å². The van der Waals surface area contributed by atoms with Gasteiger partial charge in [-0.1, -0.05) is 170 Å². The van der Waals surface area contributed by atoms with E-state index in [2.05, 4.69) is 240 Å². The van der Waals surface area contributed by atoms with E-state index >= 15 is 0 Å². The van der Waals surface area contributed by atoms with Crippen LogP contribution in [0.2, 0.25) is 0 Å². The van der Waals surface area contributed by atoms with E-state index in [0.717, 1.165) is 72.4 Å². The Hall–Kier alpha value is -7.88. The van der Waals surface area contributed by atoms with E-state index in [-0.39, 0.29) is 0 Å². The van der Waals surface area contributed by atoms with Gasteiger partial charge in [0.05, 0.1) is 11.2 Å². The third-order valence-electron chi connectivity index (χ3n) is 11.4. The average Bonchev–Trinajstić information content (AvgIpc) is 3.86. The zero-order valence-electron chi connectivity index (χ0n) is 32.2. The van der Waals surface area contributed by atoms with Gasteiger partial charge in [0.25, 0.3) is 0 Å². The molecule has 11 rings (SSSR count). The summed E-state index contributed by atoms with van der Waals surface area (Å²) in [5.74, 6) is 0. The topological polar surface area (TPSA) is 21.3 Å². The third-order valence-corrected chi connectivity index (χ3v) is 11.4. The van der Waals surface area contributed by atoms with E-state index in [9.17, 15) is 0 Å². The molecular formula is C56H38N2O. The van der Waals surface area contributed by atoms with Crippen molar-refractivity contribution in [2.24, 2.45) is 0 Å². The van der Waals surface area contributed by atoms with Gasteiger partial charge in [0.1, 0.15) is 11.1 Å². The molecule has 0 bridgehead atoms. The Labute approximate surface area is 343 Å².